The van der Waals surface area contributed by atoms with Crippen molar-refractivity contribution in [2.24, 2.45) is 5.92 Å². The monoisotopic (exact) mass is 101 g/mol. The molecule has 0 aliphatic carbocycles. The van der Waals surface area contributed by atoms with Crippen LogP contribution in [0.15, 0.2) is 0 Å². The van der Waals surface area contributed by atoms with Gasteiger partial charge in [-0.15, -0.1) is 0 Å². The van der Waals surface area contributed by atoms with E-state index in [1.54, 1.807) is 5.25 Å². The molecule has 0 nitrogen and oxygen atoms in total. The Morgan fingerprint density at radius 1 is 1.83 bits per heavy atom. The SMILES string of the molecule is C[C]1SCC1C. The summed E-state index contributed by atoms with van der Waals surface area (Å²) in [5.41, 5.74) is 0. The van der Waals surface area contributed by atoms with Crippen LogP contribution in [0.25, 0.3) is 0 Å². The standard InChI is InChI=1S/C5H9S/c1-4-3-6-5(4)2/h4H,3H2,1-2H3. The van der Waals surface area contributed by atoms with Crippen LogP contribution in [-0.2, 0) is 0 Å². The van der Waals surface area contributed by atoms with E-state index in [0.29, 0.717) is 0 Å². The second-order valence-corrected chi connectivity index (χ2v) is 3.09. The van der Waals surface area contributed by atoms with Gasteiger partial charge >= 0.3 is 0 Å². The minimum atomic E-state index is 0.912. The molecule has 0 aromatic heterocycles. The van der Waals surface area contributed by atoms with Crippen LogP contribution in [-0.4, -0.2) is 5.75 Å². The summed E-state index contributed by atoms with van der Waals surface area (Å²) in [4.78, 5) is 0. The van der Waals surface area contributed by atoms with Crippen molar-refractivity contribution in [1.82, 2.24) is 0 Å². The Bertz CT molecular complexity index is 43.9. The Morgan fingerprint density at radius 2 is 2.33 bits per heavy atom. The molecular formula is C5H9S. The van der Waals surface area contributed by atoms with Crippen LogP contribution >= 0.6 is 11.8 Å². The van der Waals surface area contributed by atoms with Crippen molar-refractivity contribution in [2.75, 3.05) is 5.75 Å². The summed E-state index contributed by atoms with van der Waals surface area (Å²) in [6.07, 6.45) is 0. The highest BCUT2D eigenvalue weighted by molar-refractivity contribution is 8.03. The Hall–Kier alpha value is 0.350. The zero-order valence-corrected chi connectivity index (χ0v) is 5.01. The summed E-state index contributed by atoms with van der Waals surface area (Å²) >= 11 is 1.98. The summed E-state index contributed by atoms with van der Waals surface area (Å²) in [6.45, 7) is 4.48. The third-order valence-electron chi connectivity index (χ3n) is 1.25. The molecule has 1 unspecified atom stereocenters. The summed E-state index contributed by atoms with van der Waals surface area (Å²) < 4.78 is 0. The molecule has 1 fully saturated rings. The van der Waals surface area contributed by atoms with Gasteiger partial charge in [0, 0.05) is 5.25 Å². The molecule has 0 bridgehead atoms. The van der Waals surface area contributed by atoms with E-state index < -0.39 is 0 Å². The second-order valence-electron chi connectivity index (χ2n) is 1.82. The van der Waals surface area contributed by atoms with Crippen LogP contribution < -0.4 is 0 Å². The van der Waals surface area contributed by atoms with Crippen molar-refractivity contribution in [3.8, 4) is 0 Å². The number of hydrogen-bond acceptors (Lipinski definition) is 1. The van der Waals surface area contributed by atoms with E-state index in [1.165, 1.54) is 5.75 Å². The quantitative estimate of drug-likeness (QED) is 0.449. The average molecular weight is 101 g/mol. The van der Waals surface area contributed by atoms with Crippen LogP contribution in [0.3, 0.4) is 0 Å². The minimum absolute atomic E-state index is 0.912. The van der Waals surface area contributed by atoms with Crippen molar-refractivity contribution in [3.05, 3.63) is 5.25 Å². The van der Waals surface area contributed by atoms with Crippen LogP contribution in [0.2, 0.25) is 0 Å². The molecule has 0 saturated carbocycles. The van der Waals surface area contributed by atoms with Gasteiger partial charge in [0.2, 0.25) is 0 Å². The number of thioether (sulfide) groups is 1. The van der Waals surface area contributed by atoms with Crippen molar-refractivity contribution >= 4 is 11.8 Å². The molecule has 0 aromatic rings. The van der Waals surface area contributed by atoms with E-state index >= 15 is 0 Å². The fraction of sp³-hybridized carbons (Fsp3) is 0.800. The van der Waals surface area contributed by atoms with Gasteiger partial charge < -0.3 is 0 Å². The first-order valence-electron chi connectivity index (χ1n) is 2.27. The van der Waals surface area contributed by atoms with Crippen molar-refractivity contribution in [2.45, 2.75) is 13.8 Å². The third kappa shape index (κ3) is 0.558. The van der Waals surface area contributed by atoms with Crippen LogP contribution in [0, 0.1) is 11.2 Å². The van der Waals surface area contributed by atoms with E-state index in [-0.39, 0.29) is 0 Å². The number of hydrogen-bond donors (Lipinski definition) is 0. The summed E-state index contributed by atoms with van der Waals surface area (Å²) in [6, 6.07) is 0. The lowest BCUT2D eigenvalue weighted by molar-refractivity contribution is 0.712. The zero-order chi connectivity index (χ0) is 4.57. The maximum atomic E-state index is 2.27. The summed E-state index contributed by atoms with van der Waals surface area (Å²) in [7, 11) is 0. The Morgan fingerprint density at radius 3 is 2.33 bits per heavy atom. The van der Waals surface area contributed by atoms with Gasteiger partial charge in [0.25, 0.3) is 0 Å². The van der Waals surface area contributed by atoms with Gasteiger partial charge in [-0.25, -0.2) is 0 Å². The fourth-order valence-corrected chi connectivity index (χ4v) is 1.25. The number of rotatable bonds is 0. The predicted octanol–water partition coefficient (Wildman–Crippen LogP) is 1.92. The molecule has 1 aliphatic rings. The molecule has 1 radical (unpaired) electrons. The van der Waals surface area contributed by atoms with Crippen molar-refractivity contribution in [1.29, 1.82) is 0 Å². The van der Waals surface area contributed by atoms with E-state index in [0.717, 1.165) is 5.92 Å². The lowest BCUT2D eigenvalue weighted by atomic mass is 10.1. The molecule has 1 heterocycles. The maximum absolute atomic E-state index is 2.27. The molecule has 6 heavy (non-hydrogen) atoms. The molecule has 35 valence electrons. The Balaban J connectivity index is 2.20. The maximum Gasteiger partial charge on any atom is 0.0312 e. The summed E-state index contributed by atoms with van der Waals surface area (Å²) in [5, 5.41) is 1.61. The molecule has 1 atom stereocenters. The van der Waals surface area contributed by atoms with E-state index in [2.05, 4.69) is 13.8 Å². The fourth-order valence-electron chi connectivity index (χ4n) is 0.417. The summed E-state index contributed by atoms with van der Waals surface area (Å²) in [5.74, 6) is 2.27. The van der Waals surface area contributed by atoms with Gasteiger partial charge in [-0.1, -0.05) is 6.92 Å². The smallest absolute Gasteiger partial charge is 0.0312 e. The Kier molecular flexibility index (Phi) is 1.09. The molecule has 1 rings (SSSR count). The molecule has 0 spiro atoms. The Labute approximate surface area is 43.3 Å². The predicted molar refractivity (Wildman–Crippen MR) is 30.5 cm³/mol. The normalized spacial score (nSPS) is 36.0. The molecule has 0 N–H and O–H groups in total. The highest BCUT2D eigenvalue weighted by Crippen LogP contribution is 2.40. The zero-order valence-electron chi connectivity index (χ0n) is 4.19. The molecular weight excluding hydrogens is 92.1 g/mol. The lowest BCUT2D eigenvalue weighted by Crippen LogP contribution is -2.16. The molecule has 0 amide bonds. The van der Waals surface area contributed by atoms with Gasteiger partial charge in [-0.3, -0.25) is 0 Å². The second kappa shape index (κ2) is 1.45. The van der Waals surface area contributed by atoms with Crippen LogP contribution in [0.4, 0.5) is 0 Å². The van der Waals surface area contributed by atoms with Gasteiger partial charge in [0.05, 0.1) is 0 Å². The van der Waals surface area contributed by atoms with Gasteiger partial charge in [-0.05, 0) is 18.6 Å². The topological polar surface area (TPSA) is 0 Å². The van der Waals surface area contributed by atoms with Crippen LogP contribution in [0.5, 0.6) is 0 Å². The molecule has 1 aliphatic heterocycles. The van der Waals surface area contributed by atoms with E-state index in [4.69, 9.17) is 0 Å². The first-order valence-corrected chi connectivity index (χ1v) is 3.25. The van der Waals surface area contributed by atoms with Crippen molar-refractivity contribution < 1.29 is 0 Å². The largest absolute Gasteiger partial charge is 0.153 e. The highest BCUT2D eigenvalue weighted by Gasteiger charge is 2.22. The van der Waals surface area contributed by atoms with Gasteiger partial charge in [-0.2, -0.15) is 11.8 Å². The van der Waals surface area contributed by atoms with E-state index in [9.17, 15) is 0 Å². The van der Waals surface area contributed by atoms with Crippen molar-refractivity contribution in [3.63, 3.8) is 0 Å². The average Bonchev–Trinajstić information content (AvgIpc) is 1.61. The lowest BCUT2D eigenvalue weighted by Gasteiger charge is -2.28. The van der Waals surface area contributed by atoms with Gasteiger partial charge in [0.1, 0.15) is 0 Å². The van der Waals surface area contributed by atoms with E-state index in [1.807, 2.05) is 11.8 Å². The first-order chi connectivity index (χ1) is 2.80. The third-order valence-corrected chi connectivity index (χ3v) is 2.78. The van der Waals surface area contributed by atoms with Gasteiger partial charge in [0.15, 0.2) is 0 Å². The first kappa shape index (κ1) is 4.51. The molecule has 1 heteroatoms. The minimum Gasteiger partial charge on any atom is -0.153 e. The molecule has 0 aromatic carbocycles. The highest BCUT2D eigenvalue weighted by atomic mass is 32.2. The molecule has 1 saturated heterocycles. The van der Waals surface area contributed by atoms with Crippen LogP contribution in [0.1, 0.15) is 13.8 Å².